The van der Waals surface area contributed by atoms with Gasteiger partial charge in [-0.2, -0.15) is 0 Å². The van der Waals surface area contributed by atoms with Crippen molar-refractivity contribution in [3.63, 3.8) is 0 Å². The Balaban J connectivity index is 2.26. The molecule has 0 radical (unpaired) electrons. The summed E-state index contributed by atoms with van der Waals surface area (Å²) >= 11 is 0. The van der Waals surface area contributed by atoms with Crippen LogP contribution in [0.3, 0.4) is 0 Å². The van der Waals surface area contributed by atoms with Crippen molar-refractivity contribution in [1.82, 2.24) is 16.0 Å². The van der Waals surface area contributed by atoms with Gasteiger partial charge >= 0.3 is 12.1 Å². The van der Waals surface area contributed by atoms with Crippen molar-refractivity contribution in [2.75, 3.05) is 6.54 Å². The fourth-order valence-electron chi connectivity index (χ4n) is 1.00. The van der Waals surface area contributed by atoms with Crippen molar-refractivity contribution in [3.05, 3.63) is 0 Å². The van der Waals surface area contributed by atoms with Crippen molar-refractivity contribution in [1.29, 1.82) is 0 Å². The molecule has 0 saturated carbocycles. The molecule has 5 amide bonds. The van der Waals surface area contributed by atoms with Crippen molar-refractivity contribution >= 4 is 18.0 Å². The molecular formula is C6H10N4O3. The van der Waals surface area contributed by atoms with Gasteiger partial charge < -0.3 is 16.4 Å². The fraction of sp³-hybridized carbons (Fsp3) is 0.500. The second-order valence-corrected chi connectivity index (χ2v) is 2.60. The molecule has 72 valence electrons. The maximum atomic E-state index is 10.9. The molecule has 1 atom stereocenters. The third-order valence-electron chi connectivity index (χ3n) is 1.59. The first-order valence-electron chi connectivity index (χ1n) is 3.74. The molecule has 1 heterocycles. The summed E-state index contributed by atoms with van der Waals surface area (Å²) in [5.41, 5.74) is 4.80. The number of imide groups is 1. The van der Waals surface area contributed by atoms with Gasteiger partial charge in [-0.25, -0.2) is 9.59 Å². The van der Waals surface area contributed by atoms with Gasteiger partial charge in [0.05, 0.1) is 0 Å². The fourth-order valence-corrected chi connectivity index (χ4v) is 1.00. The molecule has 0 spiro atoms. The predicted octanol–water partition coefficient (Wildman–Crippen LogP) is -1.75. The van der Waals surface area contributed by atoms with Gasteiger partial charge in [-0.05, 0) is 6.42 Å². The molecule has 0 aromatic heterocycles. The number of carbonyl (C=O) groups is 3. The summed E-state index contributed by atoms with van der Waals surface area (Å²) in [4.78, 5) is 31.8. The van der Waals surface area contributed by atoms with E-state index in [9.17, 15) is 14.4 Å². The first-order chi connectivity index (χ1) is 6.09. The maximum absolute atomic E-state index is 10.9. The van der Waals surface area contributed by atoms with E-state index in [-0.39, 0.29) is 12.5 Å². The molecule has 7 nitrogen and oxygen atoms in total. The molecule has 1 rings (SSSR count). The lowest BCUT2D eigenvalue weighted by atomic mass is 10.2. The third-order valence-corrected chi connectivity index (χ3v) is 1.59. The molecule has 1 aliphatic rings. The van der Waals surface area contributed by atoms with E-state index in [4.69, 9.17) is 5.73 Å². The molecular weight excluding hydrogens is 176 g/mol. The molecule has 0 unspecified atom stereocenters. The van der Waals surface area contributed by atoms with Crippen LogP contribution in [0.5, 0.6) is 0 Å². The number of primary amides is 1. The molecule has 0 aromatic rings. The minimum Gasteiger partial charge on any atom is -0.352 e. The summed E-state index contributed by atoms with van der Waals surface area (Å²) in [6, 6.07) is -1.72. The minimum atomic E-state index is -0.648. The lowest BCUT2D eigenvalue weighted by Gasteiger charge is -2.06. The van der Waals surface area contributed by atoms with Gasteiger partial charge in [-0.3, -0.25) is 10.1 Å². The van der Waals surface area contributed by atoms with Crippen LogP contribution in [0.4, 0.5) is 9.59 Å². The molecule has 1 aliphatic heterocycles. The zero-order valence-corrected chi connectivity index (χ0v) is 6.79. The van der Waals surface area contributed by atoms with Crippen molar-refractivity contribution in [3.8, 4) is 0 Å². The monoisotopic (exact) mass is 186 g/mol. The number of carbonyl (C=O) groups excluding carboxylic acids is 3. The largest absolute Gasteiger partial charge is 0.352 e. The van der Waals surface area contributed by atoms with Gasteiger partial charge in [0.1, 0.15) is 6.04 Å². The van der Waals surface area contributed by atoms with Crippen LogP contribution in [0.15, 0.2) is 0 Å². The van der Waals surface area contributed by atoms with Crippen LogP contribution in [0, 0.1) is 0 Å². The van der Waals surface area contributed by atoms with Crippen LogP contribution in [-0.2, 0) is 4.79 Å². The highest BCUT2D eigenvalue weighted by Crippen LogP contribution is 1.96. The number of rotatable bonds is 3. The van der Waals surface area contributed by atoms with Gasteiger partial charge in [-0.1, -0.05) is 0 Å². The lowest BCUT2D eigenvalue weighted by molar-refractivity contribution is -0.120. The summed E-state index contributed by atoms with van der Waals surface area (Å²) < 4.78 is 0. The van der Waals surface area contributed by atoms with E-state index in [1.165, 1.54) is 0 Å². The van der Waals surface area contributed by atoms with E-state index in [1.807, 2.05) is 0 Å². The number of nitrogens with one attached hydrogen (secondary N) is 3. The van der Waals surface area contributed by atoms with E-state index in [1.54, 1.807) is 0 Å². The van der Waals surface area contributed by atoms with E-state index >= 15 is 0 Å². The Hall–Kier alpha value is -1.79. The normalized spacial score (nSPS) is 20.8. The highest BCUT2D eigenvalue weighted by Gasteiger charge is 2.28. The van der Waals surface area contributed by atoms with Crippen LogP contribution < -0.4 is 21.7 Å². The molecule has 0 bridgehead atoms. The molecule has 0 aromatic carbocycles. The van der Waals surface area contributed by atoms with Crippen LogP contribution in [-0.4, -0.2) is 30.6 Å². The SMILES string of the molecule is NC(=O)NCC[C@@H]1NC(=O)NC1=O. The Kier molecular flexibility index (Phi) is 2.68. The Morgan fingerprint density at radius 3 is 2.69 bits per heavy atom. The topological polar surface area (TPSA) is 113 Å². The summed E-state index contributed by atoms with van der Waals surface area (Å²) in [7, 11) is 0. The standard InChI is InChI=1S/C6H10N4O3/c7-5(12)8-2-1-3-4(11)10-6(13)9-3/h3H,1-2H2,(H3,7,8,12)(H2,9,10,11,13)/t3-/m0/s1. The summed E-state index contributed by atoms with van der Waals surface area (Å²) in [5.74, 6) is -0.378. The third kappa shape index (κ3) is 2.62. The average molecular weight is 186 g/mol. The Morgan fingerprint density at radius 2 is 2.23 bits per heavy atom. The van der Waals surface area contributed by atoms with Crippen molar-refractivity contribution < 1.29 is 14.4 Å². The number of urea groups is 2. The maximum Gasteiger partial charge on any atom is 0.322 e. The highest BCUT2D eigenvalue weighted by molar-refractivity contribution is 6.04. The number of nitrogens with two attached hydrogens (primary N) is 1. The van der Waals surface area contributed by atoms with Gasteiger partial charge in [0, 0.05) is 6.54 Å². The number of hydrogen-bond acceptors (Lipinski definition) is 3. The van der Waals surface area contributed by atoms with Crippen LogP contribution in [0.1, 0.15) is 6.42 Å². The first-order valence-corrected chi connectivity index (χ1v) is 3.74. The van der Waals surface area contributed by atoms with E-state index in [0.717, 1.165) is 0 Å². The molecule has 5 N–H and O–H groups in total. The molecule has 1 fully saturated rings. The zero-order valence-electron chi connectivity index (χ0n) is 6.79. The Bertz CT molecular complexity index is 252. The summed E-state index contributed by atoms with van der Waals surface area (Å²) in [6.07, 6.45) is 0.334. The summed E-state index contributed by atoms with van der Waals surface area (Å²) in [6.45, 7) is 0.258. The summed E-state index contributed by atoms with van der Waals surface area (Å²) in [5, 5.41) is 6.77. The Morgan fingerprint density at radius 1 is 1.54 bits per heavy atom. The average Bonchev–Trinajstić information content (AvgIpc) is 2.29. The second kappa shape index (κ2) is 3.74. The van der Waals surface area contributed by atoms with Gasteiger partial charge in [0.2, 0.25) is 0 Å². The number of hydrogen-bond donors (Lipinski definition) is 4. The smallest absolute Gasteiger partial charge is 0.322 e. The highest BCUT2D eigenvalue weighted by atomic mass is 16.2. The van der Waals surface area contributed by atoms with E-state index < -0.39 is 18.1 Å². The predicted molar refractivity (Wildman–Crippen MR) is 42.7 cm³/mol. The van der Waals surface area contributed by atoms with Crippen molar-refractivity contribution in [2.24, 2.45) is 5.73 Å². The van der Waals surface area contributed by atoms with Gasteiger partial charge in [-0.15, -0.1) is 0 Å². The van der Waals surface area contributed by atoms with Gasteiger partial charge in [0.25, 0.3) is 5.91 Å². The minimum absolute atomic E-state index is 0.258. The number of amides is 5. The van der Waals surface area contributed by atoms with Gasteiger partial charge in [0.15, 0.2) is 0 Å². The van der Waals surface area contributed by atoms with Crippen LogP contribution in [0.2, 0.25) is 0 Å². The zero-order chi connectivity index (χ0) is 9.84. The van der Waals surface area contributed by atoms with E-state index in [0.29, 0.717) is 6.42 Å². The second-order valence-electron chi connectivity index (χ2n) is 2.60. The Labute approximate surface area is 74.0 Å². The first kappa shape index (κ1) is 9.30. The van der Waals surface area contributed by atoms with Crippen molar-refractivity contribution in [2.45, 2.75) is 12.5 Å². The quantitative estimate of drug-likeness (QED) is 0.392. The van der Waals surface area contributed by atoms with Crippen LogP contribution in [0.25, 0.3) is 0 Å². The van der Waals surface area contributed by atoms with E-state index in [2.05, 4.69) is 16.0 Å². The molecule has 0 aliphatic carbocycles. The molecule has 7 heteroatoms. The van der Waals surface area contributed by atoms with Crippen LogP contribution >= 0.6 is 0 Å². The molecule has 13 heavy (non-hydrogen) atoms. The lowest BCUT2D eigenvalue weighted by Crippen LogP contribution is -2.36. The molecule has 1 saturated heterocycles.